The number of hydrogen-bond donors (Lipinski definition) is 3. The highest BCUT2D eigenvalue weighted by molar-refractivity contribution is 7.18. The van der Waals surface area contributed by atoms with Gasteiger partial charge in [0, 0.05) is 25.6 Å². The topological polar surface area (TPSA) is 91.5 Å². The molecule has 0 bridgehead atoms. The highest BCUT2D eigenvalue weighted by atomic mass is 32.1. The maximum Gasteiger partial charge on any atom is 0.267 e. The van der Waals surface area contributed by atoms with Crippen molar-refractivity contribution >= 4 is 28.2 Å². The summed E-state index contributed by atoms with van der Waals surface area (Å²) in [5, 5.41) is 13.8. The number of nitrogens with zero attached hydrogens (tertiary/aromatic N) is 2. The molecule has 0 aromatic carbocycles. The van der Waals surface area contributed by atoms with Gasteiger partial charge in [0.15, 0.2) is 5.13 Å². The summed E-state index contributed by atoms with van der Waals surface area (Å²) >= 11 is 1.32. The van der Waals surface area contributed by atoms with E-state index < -0.39 is 0 Å². The second-order valence-electron chi connectivity index (χ2n) is 5.94. The molecule has 21 heavy (non-hydrogen) atoms. The summed E-state index contributed by atoms with van der Waals surface area (Å²) < 4.78 is 0. The first-order valence-corrected chi connectivity index (χ1v) is 8.39. The van der Waals surface area contributed by atoms with Crippen LogP contribution in [0.25, 0.3) is 0 Å². The number of anilines is 2. The van der Waals surface area contributed by atoms with E-state index in [1.165, 1.54) is 11.3 Å². The van der Waals surface area contributed by atoms with E-state index in [9.17, 15) is 9.90 Å². The van der Waals surface area contributed by atoms with Crippen molar-refractivity contribution in [1.82, 2.24) is 9.88 Å². The van der Waals surface area contributed by atoms with Crippen molar-refractivity contribution in [2.45, 2.75) is 32.3 Å². The number of likely N-dealkylation sites (tertiary alicyclic amines) is 1. The number of carbonyl (C=O) groups excluding carboxylic acids is 1. The second kappa shape index (κ2) is 5.81. The third-order valence-corrected chi connectivity index (χ3v) is 5.50. The van der Waals surface area contributed by atoms with Crippen LogP contribution in [0.4, 0.5) is 10.9 Å². The zero-order valence-corrected chi connectivity index (χ0v) is 13.0. The van der Waals surface area contributed by atoms with Gasteiger partial charge < -0.3 is 21.1 Å². The van der Waals surface area contributed by atoms with Crippen molar-refractivity contribution in [3.8, 4) is 0 Å². The van der Waals surface area contributed by atoms with Crippen LogP contribution < -0.4 is 11.1 Å². The summed E-state index contributed by atoms with van der Waals surface area (Å²) in [4.78, 5) is 19.2. The lowest BCUT2D eigenvalue weighted by atomic mass is 10.00. The Morgan fingerprint density at radius 2 is 2.33 bits per heavy atom. The number of aliphatic hydroxyl groups is 1. The largest absolute Gasteiger partial charge is 0.393 e. The lowest BCUT2D eigenvalue weighted by molar-refractivity contribution is 0.0757. The van der Waals surface area contributed by atoms with E-state index in [0.717, 1.165) is 32.4 Å². The van der Waals surface area contributed by atoms with Crippen LogP contribution in [0.15, 0.2) is 0 Å². The molecule has 116 valence electrons. The fourth-order valence-corrected chi connectivity index (χ4v) is 4.22. The Kier molecular flexibility index (Phi) is 4.03. The first-order chi connectivity index (χ1) is 10.1. The number of aliphatic hydroxyl groups excluding tert-OH is 1. The monoisotopic (exact) mass is 310 g/mol. The lowest BCUT2D eigenvalue weighted by Gasteiger charge is -2.17. The van der Waals surface area contributed by atoms with Crippen LogP contribution in [0.1, 0.15) is 35.9 Å². The minimum absolute atomic E-state index is 0.0452. The number of rotatable bonds is 4. The van der Waals surface area contributed by atoms with Gasteiger partial charge in [-0.15, -0.1) is 0 Å². The molecule has 3 unspecified atom stereocenters. The molecule has 0 spiro atoms. The maximum absolute atomic E-state index is 12.6. The van der Waals surface area contributed by atoms with Crippen molar-refractivity contribution in [2.24, 2.45) is 11.8 Å². The van der Waals surface area contributed by atoms with Crippen LogP contribution in [0.2, 0.25) is 0 Å². The van der Waals surface area contributed by atoms with E-state index in [2.05, 4.69) is 17.2 Å². The predicted molar refractivity (Wildman–Crippen MR) is 83.4 cm³/mol. The maximum atomic E-state index is 12.6. The SMILES string of the molecule is CCCNc1nc(N)c(C(=O)N2CC3CCC(O)C3C2)s1. The van der Waals surface area contributed by atoms with Gasteiger partial charge in [-0.25, -0.2) is 4.98 Å². The molecule has 1 saturated carbocycles. The molecule has 2 fully saturated rings. The Morgan fingerprint density at radius 3 is 3.05 bits per heavy atom. The molecular weight excluding hydrogens is 288 g/mol. The van der Waals surface area contributed by atoms with Gasteiger partial charge in [0.1, 0.15) is 10.7 Å². The summed E-state index contributed by atoms with van der Waals surface area (Å²) in [5.41, 5.74) is 5.89. The number of carbonyl (C=O) groups is 1. The van der Waals surface area contributed by atoms with Crippen LogP contribution in [0.5, 0.6) is 0 Å². The molecule has 1 aromatic rings. The number of amides is 1. The Hall–Kier alpha value is -1.34. The third-order valence-electron chi connectivity index (χ3n) is 4.48. The van der Waals surface area contributed by atoms with Crippen molar-refractivity contribution in [3.05, 3.63) is 4.88 Å². The van der Waals surface area contributed by atoms with Gasteiger partial charge in [-0.05, 0) is 25.2 Å². The van der Waals surface area contributed by atoms with E-state index in [4.69, 9.17) is 5.73 Å². The molecule has 1 aromatic heterocycles. The number of fused-ring (bicyclic) bond motifs is 1. The molecule has 2 heterocycles. The predicted octanol–water partition coefficient (Wildman–Crippen LogP) is 1.39. The molecule has 1 aliphatic heterocycles. The number of thiazole rings is 1. The highest BCUT2D eigenvalue weighted by Crippen LogP contribution is 2.39. The van der Waals surface area contributed by atoms with E-state index in [1.807, 2.05) is 4.90 Å². The van der Waals surface area contributed by atoms with Crippen LogP contribution in [0.3, 0.4) is 0 Å². The van der Waals surface area contributed by atoms with Gasteiger partial charge in [-0.1, -0.05) is 18.3 Å². The van der Waals surface area contributed by atoms with Crippen LogP contribution in [0, 0.1) is 11.8 Å². The van der Waals surface area contributed by atoms with Crippen molar-refractivity contribution in [1.29, 1.82) is 0 Å². The number of aromatic nitrogens is 1. The first kappa shape index (κ1) is 14.6. The minimum Gasteiger partial charge on any atom is -0.393 e. The second-order valence-corrected chi connectivity index (χ2v) is 6.94. The van der Waals surface area contributed by atoms with Gasteiger partial charge >= 0.3 is 0 Å². The molecule has 3 atom stereocenters. The average Bonchev–Trinajstić information content (AvgIpc) is 3.13. The first-order valence-electron chi connectivity index (χ1n) is 7.57. The molecule has 0 radical (unpaired) electrons. The number of nitrogen functional groups attached to an aromatic ring is 1. The fraction of sp³-hybridized carbons (Fsp3) is 0.714. The molecule has 1 amide bonds. The molecular formula is C14H22N4O2S. The average molecular weight is 310 g/mol. The number of nitrogens with two attached hydrogens (primary N) is 1. The van der Waals surface area contributed by atoms with Crippen LogP contribution >= 0.6 is 11.3 Å². The third kappa shape index (κ3) is 2.72. The molecule has 2 aliphatic rings. The Balaban J connectivity index is 1.70. The van der Waals surface area contributed by atoms with Gasteiger partial charge in [0.2, 0.25) is 0 Å². The zero-order valence-electron chi connectivity index (χ0n) is 12.2. The Labute approximate surface area is 128 Å². The Bertz CT molecular complexity index is 533. The molecule has 4 N–H and O–H groups in total. The number of nitrogens with one attached hydrogen (secondary N) is 1. The smallest absolute Gasteiger partial charge is 0.267 e. The molecule has 1 saturated heterocycles. The summed E-state index contributed by atoms with van der Waals surface area (Å²) in [7, 11) is 0. The van der Waals surface area contributed by atoms with Crippen molar-refractivity contribution in [2.75, 3.05) is 30.7 Å². The standard InChI is InChI=1S/C14H22N4O2S/c1-2-5-16-14-17-12(15)11(21-14)13(20)18-6-8-3-4-10(19)9(8)7-18/h8-10,19H,2-7,15H2,1H3,(H,16,17). The Morgan fingerprint density at radius 1 is 1.52 bits per heavy atom. The molecule has 6 nitrogen and oxygen atoms in total. The fourth-order valence-electron chi connectivity index (χ4n) is 3.34. The quantitative estimate of drug-likeness (QED) is 0.781. The minimum atomic E-state index is -0.256. The van der Waals surface area contributed by atoms with Crippen LogP contribution in [-0.2, 0) is 0 Å². The van der Waals surface area contributed by atoms with Crippen molar-refractivity contribution < 1.29 is 9.90 Å². The zero-order chi connectivity index (χ0) is 15.0. The van der Waals surface area contributed by atoms with Crippen LogP contribution in [-0.4, -0.2) is 46.6 Å². The summed E-state index contributed by atoms with van der Waals surface area (Å²) in [6, 6.07) is 0. The van der Waals surface area contributed by atoms with Gasteiger partial charge in [-0.2, -0.15) is 0 Å². The summed E-state index contributed by atoms with van der Waals surface area (Å²) in [6.45, 7) is 4.26. The molecule has 3 rings (SSSR count). The van der Waals surface area contributed by atoms with Gasteiger partial charge in [-0.3, -0.25) is 4.79 Å². The normalized spacial score (nSPS) is 27.9. The number of hydrogen-bond acceptors (Lipinski definition) is 6. The van der Waals surface area contributed by atoms with Crippen molar-refractivity contribution in [3.63, 3.8) is 0 Å². The lowest BCUT2D eigenvalue weighted by Crippen LogP contribution is -2.31. The van der Waals surface area contributed by atoms with E-state index in [0.29, 0.717) is 28.3 Å². The molecule has 7 heteroatoms. The summed E-state index contributed by atoms with van der Waals surface area (Å²) in [5.74, 6) is 0.939. The van der Waals surface area contributed by atoms with Gasteiger partial charge in [0.25, 0.3) is 5.91 Å². The van der Waals surface area contributed by atoms with E-state index in [-0.39, 0.29) is 17.9 Å². The van der Waals surface area contributed by atoms with E-state index >= 15 is 0 Å². The van der Waals surface area contributed by atoms with E-state index in [1.54, 1.807) is 0 Å². The van der Waals surface area contributed by atoms with Gasteiger partial charge in [0.05, 0.1) is 6.10 Å². The summed E-state index contributed by atoms with van der Waals surface area (Å²) in [6.07, 6.45) is 2.62. The highest BCUT2D eigenvalue weighted by Gasteiger charge is 2.43. The molecule has 1 aliphatic carbocycles.